The Hall–Kier alpha value is -3.65. The van der Waals surface area contributed by atoms with Gasteiger partial charge in [-0.15, -0.1) is 0 Å². The smallest absolute Gasteiger partial charge is 0.264 e. The average molecular weight is 578 g/mol. The maximum atomic E-state index is 14.2. The number of nitrogens with zero attached hydrogens (tertiary/aromatic N) is 2. The van der Waals surface area contributed by atoms with Crippen molar-refractivity contribution in [3.8, 4) is 0 Å². The van der Waals surface area contributed by atoms with E-state index in [1.54, 1.807) is 35.2 Å². The fourth-order valence-corrected chi connectivity index (χ4v) is 6.15. The number of rotatable bonds is 13. The minimum atomic E-state index is -4.10. The third-order valence-electron chi connectivity index (χ3n) is 7.39. The van der Waals surface area contributed by atoms with Gasteiger partial charge in [0.2, 0.25) is 11.8 Å². The Labute approximate surface area is 245 Å². The number of amides is 2. The summed E-state index contributed by atoms with van der Waals surface area (Å²) in [7, 11) is -4.10. The molecular formula is C33H43N3O4S. The molecule has 0 spiro atoms. The van der Waals surface area contributed by atoms with Gasteiger partial charge in [-0.25, -0.2) is 8.42 Å². The third-order valence-corrected chi connectivity index (χ3v) is 9.17. The molecule has 0 heterocycles. The largest absolute Gasteiger partial charge is 0.352 e. The van der Waals surface area contributed by atoms with Gasteiger partial charge >= 0.3 is 0 Å². The molecule has 0 radical (unpaired) electrons. The average Bonchev–Trinajstić information content (AvgIpc) is 2.95. The number of benzene rings is 3. The summed E-state index contributed by atoms with van der Waals surface area (Å²) in [5.74, 6) is -0.661. The molecule has 0 saturated carbocycles. The number of aryl methyl sites for hydroxylation is 3. The second-order valence-corrected chi connectivity index (χ2v) is 12.5. The van der Waals surface area contributed by atoms with Crippen LogP contribution in [0.1, 0.15) is 55.9 Å². The van der Waals surface area contributed by atoms with Gasteiger partial charge in [0.15, 0.2) is 0 Å². The van der Waals surface area contributed by atoms with Gasteiger partial charge in [-0.05, 0) is 81.8 Å². The van der Waals surface area contributed by atoms with Gasteiger partial charge in [0.05, 0.1) is 10.6 Å². The first-order valence-corrected chi connectivity index (χ1v) is 15.7. The highest BCUT2D eigenvalue weighted by molar-refractivity contribution is 7.92. The number of carbonyl (C=O) groups is 2. The van der Waals surface area contributed by atoms with Gasteiger partial charge in [0.25, 0.3) is 10.0 Å². The summed E-state index contributed by atoms with van der Waals surface area (Å²) in [4.78, 5) is 29.2. The molecule has 2 amide bonds. The van der Waals surface area contributed by atoms with Crippen LogP contribution in [0.25, 0.3) is 0 Å². The van der Waals surface area contributed by atoms with E-state index in [0.29, 0.717) is 18.5 Å². The van der Waals surface area contributed by atoms with Crippen LogP contribution < -0.4 is 9.62 Å². The summed E-state index contributed by atoms with van der Waals surface area (Å²) < 4.78 is 29.3. The van der Waals surface area contributed by atoms with Crippen molar-refractivity contribution < 1.29 is 18.0 Å². The molecule has 7 nitrogen and oxygen atoms in total. The molecule has 3 rings (SSSR count). The molecule has 0 aliphatic rings. The molecule has 2 atom stereocenters. The monoisotopic (exact) mass is 577 g/mol. The highest BCUT2D eigenvalue weighted by Gasteiger charge is 2.34. The Morgan fingerprint density at radius 1 is 0.854 bits per heavy atom. The summed E-state index contributed by atoms with van der Waals surface area (Å²) >= 11 is 0. The first kappa shape index (κ1) is 31.9. The molecule has 0 fully saturated rings. The number of hydrogen-bond donors (Lipinski definition) is 1. The molecule has 3 aromatic rings. The predicted octanol–water partition coefficient (Wildman–Crippen LogP) is 5.57. The van der Waals surface area contributed by atoms with E-state index in [0.717, 1.165) is 28.7 Å². The standard InChI is InChI=1S/C33H43N3O4S/c1-7-27(6)34-33(38)30(8-2)35(21-20-28-12-10-9-11-13-28)32(37)23-36(31-22-25(4)14-17-26(31)5)41(39,40)29-18-15-24(3)16-19-29/h9-19,22,27,30H,7-8,20-21,23H2,1-6H3,(H,34,38)/t27-,30-/m0/s1. The van der Waals surface area contributed by atoms with Gasteiger partial charge < -0.3 is 10.2 Å². The summed E-state index contributed by atoms with van der Waals surface area (Å²) in [5, 5.41) is 3.01. The first-order valence-electron chi connectivity index (χ1n) is 14.3. The highest BCUT2D eigenvalue weighted by atomic mass is 32.2. The van der Waals surface area contributed by atoms with Gasteiger partial charge in [0, 0.05) is 12.6 Å². The maximum Gasteiger partial charge on any atom is 0.264 e. The van der Waals surface area contributed by atoms with E-state index in [1.165, 1.54) is 4.31 Å². The Morgan fingerprint density at radius 2 is 1.49 bits per heavy atom. The van der Waals surface area contributed by atoms with E-state index in [1.807, 2.05) is 84.0 Å². The quantitative estimate of drug-likeness (QED) is 0.288. The van der Waals surface area contributed by atoms with E-state index in [-0.39, 0.29) is 23.4 Å². The van der Waals surface area contributed by atoms with E-state index in [2.05, 4.69) is 5.32 Å². The predicted molar refractivity (Wildman–Crippen MR) is 165 cm³/mol. The molecule has 0 aliphatic heterocycles. The normalized spacial score (nSPS) is 12.8. The second kappa shape index (κ2) is 14.3. The molecular weight excluding hydrogens is 534 g/mol. The van der Waals surface area contributed by atoms with Crippen molar-refractivity contribution in [2.45, 2.75) is 77.8 Å². The molecule has 0 bridgehead atoms. The minimum Gasteiger partial charge on any atom is -0.352 e. The summed E-state index contributed by atoms with van der Waals surface area (Å²) in [6.07, 6.45) is 1.69. The van der Waals surface area contributed by atoms with Crippen molar-refractivity contribution in [2.75, 3.05) is 17.4 Å². The Bertz CT molecular complexity index is 1420. The lowest BCUT2D eigenvalue weighted by atomic mass is 10.1. The van der Waals surface area contributed by atoms with Crippen molar-refractivity contribution in [3.63, 3.8) is 0 Å². The number of carbonyl (C=O) groups excluding carboxylic acids is 2. The zero-order valence-electron chi connectivity index (χ0n) is 25.1. The zero-order valence-corrected chi connectivity index (χ0v) is 25.9. The summed E-state index contributed by atoms with van der Waals surface area (Å²) in [6, 6.07) is 21.2. The van der Waals surface area contributed by atoms with Crippen molar-refractivity contribution in [2.24, 2.45) is 0 Å². The van der Waals surface area contributed by atoms with Gasteiger partial charge in [-0.2, -0.15) is 0 Å². The van der Waals surface area contributed by atoms with Crippen molar-refractivity contribution in [1.82, 2.24) is 10.2 Å². The topological polar surface area (TPSA) is 86.8 Å². The van der Waals surface area contributed by atoms with Crippen LogP contribution in [0.5, 0.6) is 0 Å². The van der Waals surface area contributed by atoms with Gasteiger partial charge in [-0.3, -0.25) is 13.9 Å². The third kappa shape index (κ3) is 8.19. The number of nitrogens with one attached hydrogen (secondary N) is 1. The zero-order chi connectivity index (χ0) is 30.2. The van der Waals surface area contributed by atoms with Crippen LogP contribution in [-0.4, -0.2) is 50.3 Å². The molecule has 0 saturated heterocycles. The van der Waals surface area contributed by atoms with Crippen LogP contribution in [0.3, 0.4) is 0 Å². The maximum absolute atomic E-state index is 14.2. The molecule has 0 unspecified atom stereocenters. The fraction of sp³-hybridized carbons (Fsp3) is 0.394. The van der Waals surface area contributed by atoms with Crippen molar-refractivity contribution >= 4 is 27.5 Å². The fourth-order valence-electron chi connectivity index (χ4n) is 4.68. The number of anilines is 1. The Kier molecular flexibility index (Phi) is 11.1. The summed E-state index contributed by atoms with van der Waals surface area (Å²) in [6.45, 7) is 11.2. The Balaban J connectivity index is 2.05. The molecule has 41 heavy (non-hydrogen) atoms. The molecule has 8 heteroatoms. The number of sulfonamides is 1. The Morgan fingerprint density at radius 3 is 2.10 bits per heavy atom. The molecule has 3 aromatic carbocycles. The van der Waals surface area contributed by atoms with Crippen LogP contribution in [0.4, 0.5) is 5.69 Å². The lowest BCUT2D eigenvalue weighted by molar-refractivity contribution is -0.139. The SMILES string of the molecule is CC[C@H](C)NC(=O)[C@H](CC)N(CCc1ccccc1)C(=O)CN(c1cc(C)ccc1C)S(=O)(=O)c1ccc(C)cc1. The van der Waals surface area contributed by atoms with Crippen LogP contribution in [0.15, 0.2) is 77.7 Å². The lowest BCUT2D eigenvalue weighted by Crippen LogP contribution is -2.54. The van der Waals surface area contributed by atoms with Gasteiger partial charge in [0.1, 0.15) is 12.6 Å². The van der Waals surface area contributed by atoms with Gasteiger partial charge in [-0.1, -0.05) is 74.0 Å². The van der Waals surface area contributed by atoms with Crippen molar-refractivity contribution in [1.29, 1.82) is 0 Å². The lowest BCUT2D eigenvalue weighted by Gasteiger charge is -2.34. The minimum absolute atomic E-state index is 0.0454. The molecule has 0 aromatic heterocycles. The molecule has 220 valence electrons. The van der Waals surface area contributed by atoms with Crippen LogP contribution >= 0.6 is 0 Å². The van der Waals surface area contributed by atoms with Crippen molar-refractivity contribution in [3.05, 3.63) is 95.1 Å². The molecule has 1 N–H and O–H groups in total. The first-order chi connectivity index (χ1) is 19.5. The van der Waals surface area contributed by atoms with Crippen LogP contribution in [0, 0.1) is 20.8 Å². The summed E-state index contributed by atoms with van der Waals surface area (Å²) in [5.41, 5.74) is 4.02. The molecule has 0 aliphatic carbocycles. The van der Waals surface area contributed by atoms with E-state index in [4.69, 9.17) is 0 Å². The second-order valence-electron chi connectivity index (χ2n) is 10.7. The van der Waals surface area contributed by atoms with E-state index >= 15 is 0 Å². The van der Waals surface area contributed by atoms with E-state index in [9.17, 15) is 18.0 Å². The van der Waals surface area contributed by atoms with Crippen LogP contribution in [-0.2, 0) is 26.0 Å². The highest BCUT2D eigenvalue weighted by Crippen LogP contribution is 2.28. The van der Waals surface area contributed by atoms with E-state index < -0.39 is 28.5 Å². The van der Waals surface area contributed by atoms with Crippen LogP contribution in [0.2, 0.25) is 0 Å². The number of hydrogen-bond acceptors (Lipinski definition) is 4.